The van der Waals surface area contributed by atoms with Crippen molar-refractivity contribution in [3.8, 4) is 0 Å². The van der Waals surface area contributed by atoms with Crippen LogP contribution < -0.4 is 0 Å². The molecule has 1 unspecified atom stereocenters. The van der Waals surface area contributed by atoms with Gasteiger partial charge in [-0.3, -0.25) is 0 Å². The van der Waals surface area contributed by atoms with Crippen LogP contribution in [0.15, 0.2) is 0 Å². The summed E-state index contributed by atoms with van der Waals surface area (Å²) in [5.74, 6) is 0. The van der Waals surface area contributed by atoms with E-state index in [1.807, 2.05) is 0 Å². The molecule has 2 heteroatoms. The number of rotatable bonds is 1. The standard InChI is InChI=1S/C4H9.ClH.Sn/c1-3-4-2;;/h3H,4H2,1-2H3;1H;. The van der Waals surface area contributed by atoms with Crippen LogP contribution in [0.1, 0.15) is 20.3 Å². The Kier molecular flexibility index (Phi) is 10.3. The second-order valence-electron chi connectivity index (χ2n) is 1.31. The van der Waals surface area contributed by atoms with Gasteiger partial charge in [0.2, 0.25) is 0 Å². The fourth-order valence-electron chi connectivity index (χ4n) is 0. The second kappa shape index (κ2) is 6.09. The third kappa shape index (κ3) is 8.92. The van der Waals surface area contributed by atoms with Crippen LogP contribution in [0.25, 0.3) is 0 Å². The molecule has 0 spiro atoms. The largest absolute Gasteiger partial charge is 0.147 e. The molecule has 3 radical (unpaired) electrons. The summed E-state index contributed by atoms with van der Waals surface area (Å²) in [7, 11) is 0. The molecule has 0 aliphatic carbocycles. The van der Waals surface area contributed by atoms with Crippen LogP contribution >= 0.6 is 12.4 Å². The van der Waals surface area contributed by atoms with E-state index < -0.39 is 0 Å². The molecule has 37 valence electrons. The van der Waals surface area contributed by atoms with Gasteiger partial charge in [-0.15, -0.1) is 12.4 Å². The van der Waals surface area contributed by atoms with Crippen LogP contribution in [-0.4, -0.2) is 22.5 Å². The summed E-state index contributed by atoms with van der Waals surface area (Å²) in [6.07, 6.45) is 1.35. The van der Waals surface area contributed by atoms with Gasteiger partial charge in [-0.1, -0.05) is 0 Å². The molecule has 0 bridgehead atoms. The Morgan fingerprint density at radius 2 is 1.83 bits per heavy atom. The normalized spacial score (nSPS) is 12.5. The van der Waals surface area contributed by atoms with Gasteiger partial charge in [-0.05, 0) is 0 Å². The maximum atomic E-state index is 2.26. The van der Waals surface area contributed by atoms with Crippen molar-refractivity contribution in [3.05, 3.63) is 0 Å². The van der Waals surface area contributed by atoms with Crippen molar-refractivity contribution in [2.75, 3.05) is 0 Å². The molecule has 6 heavy (non-hydrogen) atoms. The summed E-state index contributed by atoms with van der Waals surface area (Å²) in [5, 5.41) is 0. The molecule has 0 amide bonds. The topological polar surface area (TPSA) is 0 Å². The summed E-state index contributed by atoms with van der Waals surface area (Å²) in [5.41, 5.74) is 0. The molecule has 1 atom stereocenters. The SMILES string of the molecule is CC[CH](C)[Sn].Cl. The zero-order valence-corrected chi connectivity index (χ0v) is 7.86. The van der Waals surface area contributed by atoms with Gasteiger partial charge in [-0.25, -0.2) is 0 Å². The van der Waals surface area contributed by atoms with E-state index in [0.29, 0.717) is 0 Å². The Labute approximate surface area is 59.2 Å². The fourth-order valence-corrected chi connectivity index (χ4v) is 0. The van der Waals surface area contributed by atoms with Gasteiger partial charge >= 0.3 is 46.7 Å². The van der Waals surface area contributed by atoms with E-state index in [1.54, 1.807) is 22.5 Å². The smallest absolute Gasteiger partial charge is 0.147 e. The van der Waals surface area contributed by atoms with Crippen LogP contribution in [0.2, 0.25) is 3.93 Å². The second-order valence-corrected chi connectivity index (χ2v) is 4.12. The molecule has 0 N–H and O–H groups in total. The van der Waals surface area contributed by atoms with Crippen LogP contribution in [-0.2, 0) is 0 Å². The third-order valence-corrected chi connectivity index (χ3v) is 1.78. The minimum absolute atomic E-state index is 0. The zero-order chi connectivity index (χ0) is 4.28. The van der Waals surface area contributed by atoms with E-state index in [4.69, 9.17) is 0 Å². The molecule has 0 heterocycles. The minimum atomic E-state index is 0. The first-order valence-corrected chi connectivity index (χ1v) is 3.63. The minimum Gasteiger partial charge on any atom is -0.147 e. The van der Waals surface area contributed by atoms with Gasteiger partial charge in [0.15, 0.2) is 0 Å². The molecular weight excluding hydrogens is 202 g/mol. The van der Waals surface area contributed by atoms with Gasteiger partial charge in [-0.2, -0.15) is 0 Å². The average molecular weight is 212 g/mol. The monoisotopic (exact) mass is 213 g/mol. The van der Waals surface area contributed by atoms with Gasteiger partial charge in [0.25, 0.3) is 0 Å². The van der Waals surface area contributed by atoms with E-state index in [0.717, 1.165) is 3.93 Å². The quantitative estimate of drug-likeness (QED) is 0.581. The van der Waals surface area contributed by atoms with Crippen molar-refractivity contribution in [2.24, 2.45) is 0 Å². The zero-order valence-electron chi connectivity index (χ0n) is 4.19. The van der Waals surface area contributed by atoms with Gasteiger partial charge in [0, 0.05) is 0 Å². The number of hydrogen-bond acceptors (Lipinski definition) is 0. The molecule has 0 saturated heterocycles. The van der Waals surface area contributed by atoms with E-state index in [1.165, 1.54) is 6.42 Å². The van der Waals surface area contributed by atoms with E-state index >= 15 is 0 Å². The summed E-state index contributed by atoms with van der Waals surface area (Å²) in [6, 6.07) is 0. The molecule has 0 aromatic rings. The maximum absolute atomic E-state index is 2.26. The van der Waals surface area contributed by atoms with Crippen molar-refractivity contribution < 1.29 is 0 Å². The summed E-state index contributed by atoms with van der Waals surface area (Å²) >= 11 is 1.67. The van der Waals surface area contributed by atoms with Crippen LogP contribution in [0.4, 0.5) is 0 Å². The first-order chi connectivity index (χ1) is 2.27. The first-order valence-electron chi connectivity index (χ1n) is 1.98. The fraction of sp³-hybridized carbons (Fsp3) is 1.00. The Bertz CT molecular complexity index is 21.5. The van der Waals surface area contributed by atoms with Crippen LogP contribution in [0.3, 0.4) is 0 Å². The summed E-state index contributed by atoms with van der Waals surface area (Å²) < 4.78 is 0.974. The van der Waals surface area contributed by atoms with Crippen molar-refractivity contribution in [3.63, 3.8) is 0 Å². The molecule has 0 fully saturated rings. The molecule has 0 aliphatic rings. The molecule has 0 aliphatic heterocycles. The van der Waals surface area contributed by atoms with E-state index in [2.05, 4.69) is 13.8 Å². The Morgan fingerprint density at radius 3 is 1.83 bits per heavy atom. The Morgan fingerprint density at radius 1 is 1.67 bits per heavy atom. The number of halogens is 1. The van der Waals surface area contributed by atoms with E-state index in [-0.39, 0.29) is 12.4 Å². The van der Waals surface area contributed by atoms with Crippen molar-refractivity contribution in [2.45, 2.75) is 24.2 Å². The van der Waals surface area contributed by atoms with Gasteiger partial charge in [0.05, 0.1) is 0 Å². The van der Waals surface area contributed by atoms with E-state index in [9.17, 15) is 0 Å². The van der Waals surface area contributed by atoms with Gasteiger partial charge < -0.3 is 0 Å². The van der Waals surface area contributed by atoms with Gasteiger partial charge in [0.1, 0.15) is 0 Å². The predicted molar refractivity (Wildman–Crippen MR) is 32.7 cm³/mol. The Hall–Kier alpha value is 1.09. The predicted octanol–water partition coefficient (Wildman–Crippen LogP) is 1.80. The summed E-state index contributed by atoms with van der Waals surface area (Å²) in [6.45, 7) is 4.48. The van der Waals surface area contributed by atoms with Crippen molar-refractivity contribution in [1.82, 2.24) is 0 Å². The molecule has 0 nitrogen and oxygen atoms in total. The molecule has 0 aromatic carbocycles. The molecule has 0 aromatic heterocycles. The maximum Gasteiger partial charge on any atom is -0.147 e. The molecule has 0 rings (SSSR count). The van der Waals surface area contributed by atoms with Crippen molar-refractivity contribution in [1.29, 1.82) is 0 Å². The Balaban J connectivity index is 0. The molecule has 0 saturated carbocycles. The van der Waals surface area contributed by atoms with Crippen LogP contribution in [0, 0.1) is 0 Å². The first kappa shape index (κ1) is 10.1. The average Bonchev–Trinajstić information content (AvgIpc) is 1.38. The molecular formula is C4H10ClSn. The van der Waals surface area contributed by atoms with Crippen LogP contribution in [0.5, 0.6) is 0 Å². The summed E-state index contributed by atoms with van der Waals surface area (Å²) in [4.78, 5) is 0. The number of hydrogen-bond donors (Lipinski definition) is 0. The van der Waals surface area contributed by atoms with Crippen molar-refractivity contribution >= 4 is 34.9 Å². The third-order valence-electron chi connectivity index (χ3n) is 0.612.